The van der Waals surface area contributed by atoms with Crippen molar-refractivity contribution in [3.8, 4) is 5.75 Å². The average Bonchev–Trinajstić information content (AvgIpc) is 2.59. The Balaban J connectivity index is 2.58. The summed E-state index contributed by atoms with van der Waals surface area (Å²) in [6.45, 7) is 2.85. The van der Waals surface area contributed by atoms with Crippen LogP contribution in [0.5, 0.6) is 5.75 Å². The molecule has 0 aromatic heterocycles. The number of sulfonamides is 1. The lowest BCUT2D eigenvalue weighted by Crippen LogP contribution is -2.37. The van der Waals surface area contributed by atoms with E-state index in [1.165, 1.54) is 31.4 Å². The van der Waals surface area contributed by atoms with Gasteiger partial charge in [-0.3, -0.25) is 9.10 Å². The van der Waals surface area contributed by atoms with Gasteiger partial charge in [0.1, 0.15) is 12.3 Å². The zero-order valence-electron chi connectivity index (χ0n) is 15.0. The van der Waals surface area contributed by atoms with E-state index in [9.17, 15) is 13.2 Å². The molecule has 9 heteroatoms. The Morgan fingerprint density at radius 1 is 1.19 bits per heavy atom. The van der Waals surface area contributed by atoms with Gasteiger partial charge in [-0.1, -0.05) is 27.5 Å². The summed E-state index contributed by atoms with van der Waals surface area (Å²) in [6.07, 6.45) is -0.379. The van der Waals surface area contributed by atoms with Gasteiger partial charge in [0.2, 0.25) is 0 Å². The Morgan fingerprint density at radius 3 is 2.37 bits per heavy atom. The van der Waals surface area contributed by atoms with Crippen LogP contribution < -0.4 is 9.04 Å². The number of ether oxygens (including phenoxy) is 2. The molecular formula is C18H19BrClNO5S. The summed E-state index contributed by atoms with van der Waals surface area (Å²) in [7, 11) is -2.67. The molecule has 0 fully saturated rings. The third kappa shape index (κ3) is 5.37. The van der Waals surface area contributed by atoms with Crippen LogP contribution in [0.25, 0.3) is 0 Å². The predicted molar refractivity (Wildman–Crippen MR) is 108 cm³/mol. The Labute approximate surface area is 172 Å². The normalized spacial score (nSPS) is 11.3. The van der Waals surface area contributed by atoms with Gasteiger partial charge in [-0.05, 0) is 56.3 Å². The number of esters is 1. The van der Waals surface area contributed by atoms with E-state index in [2.05, 4.69) is 15.9 Å². The minimum absolute atomic E-state index is 0.0186. The van der Waals surface area contributed by atoms with Crippen LogP contribution in [-0.4, -0.2) is 34.1 Å². The molecule has 27 heavy (non-hydrogen) atoms. The molecule has 0 unspecified atom stereocenters. The molecule has 6 nitrogen and oxygen atoms in total. The van der Waals surface area contributed by atoms with Gasteiger partial charge in [-0.25, -0.2) is 8.42 Å². The SMILES string of the molecule is COc1ccc(Cl)cc1N(CC(=O)OC(C)C)S(=O)(=O)c1ccc(Br)cc1. The van der Waals surface area contributed by atoms with Gasteiger partial charge in [0, 0.05) is 9.50 Å². The standard InChI is InChI=1S/C18H19BrClNO5S/c1-12(2)26-18(22)11-21(16-10-14(20)6-9-17(16)25-3)27(23,24)15-7-4-13(19)5-8-15/h4-10,12H,11H2,1-3H3. The van der Waals surface area contributed by atoms with Crippen molar-refractivity contribution in [2.75, 3.05) is 18.0 Å². The number of hydrogen-bond donors (Lipinski definition) is 0. The first-order valence-corrected chi connectivity index (χ1v) is 10.6. The van der Waals surface area contributed by atoms with Crippen molar-refractivity contribution in [2.45, 2.75) is 24.8 Å². The maximum atomic E-state index is 13.2. The van der Waals surface area contributed by atoms with Gasteiger partial charge < -0.3 is 9.47 Å². The highest BCUT2D eigenvalue weighted by atomic mass is 79.9. The number of benzene rings is 2. The number of carbonyl (C=O) groups is 1. The number of anilines is 1. The second-order valence-corrected chi connectivity index (χ2v) is 9.03. The Bertz CT molecular complexity index is 916. The van der Waals surface area contributed by atoms with Gasteiger partial charge in [-0.2, -0.15) is 0 Å². The Kier molecular flexibility index (Phi) is 7.13. The van der Waals surface area contributed by atoms with Gasteiger partial charge in [0.05, 0.1) is 23.8 Å². The van der Waals surface area contributed by atoms with Crippen molar-refractivity contribution >= 4 is 49.2 Å². The summed E-state index contributed by atoms with van der Waals surface area (Å²) in [5.74, 6) is -0.426. The second-order valence-electron chi connectivity index (χ2n) is 5.82. The van der Waals surface area contributed by atoms with Crippen molar-refractivity contribution in [2.24, 2.45) is 0 Å². The molecule has 0 atom stereocenters. The summed E-state index contributed by atoms with van der Waals surface area (Å²) in [5.41, 5.74) is 0.147. The van der Waals surface area contributed by atoms with Crippen LogP contribution in [0.2, 0.25) is 5.02 Å². The minimum atomic E-state index is -4.08. The second kappa shape index (κ2) is 8.95. The largest absolute Gasteiger partial charge is 0.495 e. The topological polar surface area (TPSA) is 72.9 Å². The Hall–Kier alpha value is -1.77. The van der Waals surface area contributed by atoms with E-state index in [1.54, 1.807) is 32.0 Å². The smallest absolute Gasteiger partial charge is 0.327 e. The lowest BCUT2D eigenvalue weighted by molar-refractivity contribution is -0.145. The van der Waals surface area contributed by atoms with Crippen LogP contribution in [-0.2, 0) is 19.6 Å². The number of rotatable bonds is 7. The van der Waals surface area contributed by atoms with Crippen LogP contribution in [0.3, 0.4) is 0 Å². The Morgan fingerprint density at radius 2 is 1.81 bits per heavy atom. The molecule has 0 aliphatic carbocycles. The lowest BCUT2D eigenvalue weighted by Gasteiger charge is -2.26. The summed E-state index contributed by atoms with van der Waals surface area (Å²) in [4.78, 5) is 12.3. The highest BCUT2D eigenvalue weighted by Crippen LogP contribution is 2.35. The lowest BCUT2D eigenvalue weighted by atomic mass is 10.3. The van der Waals surface area contributed by atoms with Gasteiger partial charge in [0.25, 0.3) is 10.0 Å². The summed E-state index contributed by atoms with van der Waals surface area (Å²) in [5, 5.41) is 0.305. The quantitative estimate of drug-likeness (QED) is 0.558. The van der Waals surface area contributed by atoms with Crippen molar-refractivity contribution < 1.29 is 22.7 Å². The highest BCUT2D eigenvalue weighted by Gasteiger charge is 2.30. The fourth-order valence-electron chi connectivity index (χ4n) is 2.31. The number of hydrogen-bond acceptors (Lipinski definition) is 5. The van der Waals surface area contributed by atoms with E-state index in [-0.39, 0.29) is 22.4 Å². The van der Waals surface area contributed by atoms with Gasteiger partial charge >= 0.3 is 5.97 Å². The number of methoxy groups -OCH3 is 1. The molecule has 0 aliphatic heterocycles. The molecule has 0 N–H and O–H groups in total. The third-order valence-electron chi connectivity index (χ3n) is 3.45. The average molecular weight is 477 g/mol. The first kappa shape index (κ1) is 21.5. The van der Waals surface area contributed by atoms with Crippen molar-refractivity contribution in [1.29, 1.82) is 0 Å². The molecule has 146 valence electrons. The molecule has 0 heterocycles. The predicted octanol–water partition coefficient (Wildman–Crippen LogP) is 4.26. The number of carbonyl (C=O) groups excluding carboxylic acids is 1. The van der Waals surface area contributed by atoms with Gasteiger partial charge in [-0.15, -0.1) is 0 Å². The van der Waals surface area contributed by atoms with Crippen molar-refractivity contribution in [3.05, 3.63) is 52.0 Å². The fraction of sp³-hybridized carbons (Fsp3) is 0.278. The molecule has 0 saturated carbocycles. The number of halogens is 2. The highest BCUT2D eigenvalue weighted by molar-refractivity contribution is 9.10. The first-order valence-electron chi connectivity index (χ1n) is 7.96. The monoisotopic (exact) mass is 475 g/mol. The van der Waals surface area contributed by atoms with E-state index in [4.69, 9.17) is 21.1 Å². The fourth-order valence-corrected chi connectivity index (χ4v) is 4.15. The molecule has 2 aromatic rings. The maximum absolute atomic E-state index is 13.2. The van der Waals surface area contributed by atoms with Crippen LogP contribution in [0, 0.1) is 0 Å². The van der Waals surface area contributed by atoms with E-state index >= 15 is 0 Å². The van der Waals surface area contributed by atoms with E-state index in [0.29, 0.717) is 5.02 Å². The van der Waals surface area contributed by atoms with Crippen LogP contribution in [0.4, 0.5) is 5.69 Å². The summed E-state index contributed by atoms with van der Waals surface area (Å²) in [6, 6.07) is 10.6. The van der Waals surface area contributed by atoms with Gasteiger partial charge in [0.15, 0.2) is 0 Å². The molecule has 0 aliphatic rings. The zero-order chi connectivity index (χ0) is 20.2. The van der Waals surface area contributed by atoms with E-state index in [0.717, 1.165) is 8.78 Å². The first-order chi connectivity index (χ1) is 12.6. The van der Waals surface area contributed by atoms with Crippen molar-refractivity contribution in [3.63, 3.8) is 0 Å². The third-order valence-corrected chi connectivity index (χ3v) is 5.99. The molecule has 0 bridgehead atoms. The zero-order valence-corrected chi connectivity index (χ0v) is 18.1. The van der Waals surface area contributed by atoms with Crippen LogP contribution in [0.1, 0.15) is 13.8 Å². The molecular weight excluding hydrogens is 458 g/mol. The summed E-state index contributed by atoms with van der Waals surface area (Å²) < 4.78 is 38.6. The van der Waals surface area contributed by atoms with E-state index < -0.39 is 22.5 Å². The van der Waals surface area contributed by atoms with Crippen LogP contribution >= 0.6 is 27.5 Å². The molecule has 2 aromatic carbocycles. The van der Waals surface area contributed by atoms with Crippen molar-refractivity contribution in [1.82, 2.24) is 0 Å². The minimum Gasteiger partial charge on any atom is -0.495 e. The molecule has 0 spiro atoms. The number of nitrogens with zero attached hydrogens (tertiary/aromatic N) is 1. The van der Waals surface area contributed by atoms with E-state index in [1.807, 2.05) is 0 Å². The molecule has 2 rings (SSSR count). The van der Waals surface area contributed by atoms with Crippen LogP contribution in [0.15, 0.2) is 51.8 Å². The summed E-state index contributed by atoms with van der Waals surface area (Å²) >= 11 is 9.33. The molecule has 0 amide bonds. The maximum Gasteiger partial charge on any atom is 0.327 e. The molecule has 0 saturated heterocycles. The molecule has 0 radical (unpaired) electrons.